The molecule has 1 saturated heterocycles. The fourth-order valence-electron chi connectivity index (χ4n) is 2.13. The first kappa shape index (κ1) is 11.9. The van der Waals surface area contributed by atoms with E-state index in [0.717, 1.165) is 11.3 Å². The van der Waals surface area contributed by atoms with Crippen LogP contribution < -0.4 is 4.74 Å². The van der Waals surface area contributed by atoms with Crippen LogP contribution in [0.15, 0.2) is 54.6 Å². The summed E-state index contributed by atoms with van der Waals surface area (Å²) in [4.78, 5) is 12.2. The van der Waals surface area contributed by atoms with E-state index in [1.807, 2.05) is 54.6 Å². The smallest absolute Gasteiger partial charge is 0.194 e. The van der Waals surface area contributed by atoms with Gasteiger partial charge in [-0.05, 0) is 17.7 Å². The number of carbonyl (C=O) groups is 1. The molecule has 3 heteroatoms. The Balaban J connectivity index is 1.72. The molecule has 96 valence electrons. The maximum atomic E-state index is 12.2. The third-order valence-corrected chi connectivity index (χ3v) is 3.25. The number of ether oxygens (including phenoxy) is 2. The van der Waals surface area contributed by atoms with Crippen LogP contribution >= 0.6 is 0 Å². The predicted molar refractivity (Wildman–Crippen MR) is 71.4 cm³/mol. The van der Waals surface area contributed by atoms with Crippen molar-refractivity contribution in [2.75, 3.05) is 7.11 Å². The summed E-state index contributed by atoms with van der Waals surface area (Å²) in [5.74, 6) is 0.844. The lowest BCUT2D eigenvalue weighted by Crippen LogP contribution is -2.07. The average Bonchev–Trinajstić information content (AvgIpc) is 3.28. The Morgan fingerprint density at radius 3 is 2.37 bits per heavy atom. The number of ketones is 1. The lowest BCUT2D eigenvalue weighted by Gasteiger charge is -2.00. The van der Waals surface area contributed by atoms with Crippen molar-refractivity contribution in [3.05, 3.63) is 65.7 Å². The maximum Gasteiger partial charge on any atom is 0.194 e. The van der Waals surface area contributed by atoms with Crippen LogP contribution in [0.1, 0.15) is 22.0 Å². The Morgan fingerprint density at radius 2 is 1.74 bits per heavy atom. The van der Waals surface area contributed by atoms with E-state index < -0.39 is 0 Å². The van der Waals surface area contributed by atoms with E-state index in [2.05, 4.69) is 0 Å². The molecule has 1 fully saturated rings. The highest BCUT2D eigenvalue weighted by molar-refractivity contribution is 6.01. The largest absolute Gasteiger partial charge is 0.497 e. The van der Waals surface area contributed by atoms with E-state index in [4.69, 9.17) is 9.47 Å². The van der Waals surface area contributed by atoms with Gasteiger partial charge in [0.25, 0.3) is 0 Å². The molecule has 1 heterocycles. The normalized spacial score (nSPS) is 20.9. The van der Waals surface area contributed by atoms with Crippen molar-refractivity contribution in [3.63, 3.8) is 0 Å². The van der Waals surface area contributed by atoms with Crippen LogP contribution in [0.5, 0.6) is 5.75 Å². The van der Waals surface area contributed by atoms with E-state index in [1.165, 1.54) is 0 Å². The first-order valence-corrected chi connectivity index (χ1v) is 6.18. The highest BCUT2D eigenvalue weighted by Crippen LogP contribution is 2.40. The molecular weight excluding hydrogens is 240 g/mol. The molecule has 19 heavy (non-hydrogen) atoms. The highest BCUT2D eigenvalue weighted by Gasteiger charge is 2.46. The standard InChI is InChI=1S/C16H14O3/c1-18-13-9-7-12(8-10-13)15-16(19-15)14(17)11-5-3-2-4-6-11/h2-10,15-16H,1H3/t15-,16-/m0/s1. The Labute approximate surface area is 111 Å². The topological polar surface area (TPSA) is 38.8 Å². The van der Waals surface area contributed by atoms with Crippen molar-refractivity contribution in [1.29, 1.82) is 0 Å². The first-order valence-electron chi connectivity index (χ1n) is 6.18. The van der Waals surface area contributed by atoms with Crippen molar-refractivity contribution < 1.29 is 14.3 Å². The van der Waals surface area contributed by atoms with Gasteiger partial charge in [-0.25, -0.2) is 0 Å². The van der Waals surface area contributed by atoms with E-state index >= 15 is 0 Å². The summed E-state index contributed by atoms with van der Waals surface area (Å²) in [6, 6.07) is 16.9. The number of methoxy groups -OCH3 is 1. The summed E-state index contributed by atoms with van der Waals surface area (Å²) in [6.45, 7) is 0. The Hall–Kier alpha value is -2.13. The van der Waals surface area contributed by atoms with Crippen LogP contribution in [0.4, 0.5) is 0 Å². The number of rotatable bonds is 4. The van der Waals surface area contributed by atoms with Gasteiger partial charge in [0, 0.05) is 5.56 Å². The Morgan fingerprint density at radius 1 is 1.05 bits per heavy atom. The van der Waals surface area contributed by atoms with Crippen LogP contribution in [0, 0.1) is 0 Å². The van der Waals surface area contributed by atoms with E-state index in [-0.39, 0.29) is 18.0 Å². The van der Waals surface area contributed by atoms with E-state index in [1.54, 1.807) is 7.11 Å². The SMILES string of the molecule is COc1ccc([C@@H]2O[C@H]2C(=O)c2ccccc2)cc1. The van der Waals surface area contributed by atoms with Gasteiger partial charge in [-0.1, -0.05) is 42.5 Å². The second-order valence-corrected chi connectivity index (χ2v) is 4.48. The van der Waals surface area contributed by atoms with Gasteiger partial charge in [-0.2, -0.15) is 0 Å². The lowest BCUT2D eigenvalue weighted by molar-refractivity contribution is 0.0953. The van der Waals surface area contributed by atoms with Gasteiger partial charge in [0.15, 0.2) is 11.9 Å². The third-order valence-electron chi connectivity index (χ3n) is 3.25. The number of epoxide rings is 1. The molecule has 3 nitrogen and oxygen atoms in total. The molecule has 1 aliphatic rings. The molecule has 0 N–H and O–H groups in total. The lowest BCUT2D eigenvalue weighted by atomic mass is 10.0. The number of hydrogen-bond donors (Lipinski definition) is 0. The minimum Gasteiger partial charge on any atom is -0.497 e. The second-order valence-electron chi connectivity index (χ2n) is 4.48. The van der Waals surface area contributed by atoms with Crippen LogP contribution in [0.2, 0.25) is 0 Å². The van der Waals surface area contributed by atoms with Gasteiger partial charge in [-0.15, -0.1) is 0 Å². The molecule has 0 aromatic heterocycles. The Bertz CT molecular complexity index is 575. The minimum absolute atomic E-state index is 0.0430. The quantitative estimate of drug-likeness (QED) is 0.622. The van der Waals surface area contributed by atoms with Gasteiger partial charge >= 0.3 is 0 Å². The fourth-order valence-corrected chi connectivity index (χ4v) is 2.13. The summed E-state index contributed by atoms with van der Waals surface area (Å²) in [5, 5.41) is 0. The average molecular weight is 254 g/mol. The van der Waals surface area contributed by atoms with Gasteiger partial charge in [0.05, 0.1) is 7.11 Å². The summed E-state index contributed by atoms with van der Waals surface area (Å²) in [6.07, 6.45) is -0.477. The van der Waals surface area contributed by atoms with Crippen molar-refractivity contribution in [3.8, 4) is 5.75 Å². The van der Waals surface area contributed by atoms with Crippen molar-refractivity contribution in [1.82, 2.24) is 0 Å². The molecule has 0 unspecified atom stereocenters. The van der Waals surface area contributed by atoms with E-state index in [9.17, 15) is 4.79 Å². The van der Waals surface area contributed by atoms with Gasteiger partial charge in [0.1, 0.15) is 11.9 Å². The third kappa shape index (κ3) is 2.37. The minimum atomic E-state index is -0.351. The summed E-state index contributed by atoms with van der Waals surface area (Å²) in [7, 11) is 1.63. The molecular formula is C16H14O3. The molecule has 2 aromatic rings. The summed E-state index contributed by atoms with van der Waals surface area (Å²) in [5.41, 5.74) is 1.71. The van der Waals surface area contributed by atoms with E-state index in [0.29, 0.717) is 5.56 Å². The molecule has 0 radical (unpaired) electrons. The van der Waals surface area contributed by atoms with Crippen molar-refractivity contribution in [2.45, 2.75) is 12.2 Å². The maximum absolute atomic E-state index is 12.2. The van der Waals surface area contributed by atoms with Crippen molar-refractivity contribution in [2.24, 2.45) is 0 Å². The summed E-state index contributed by atoms with van der Waals surface area (Å²) < 4.78 is 10.6. The predicted octanol–water partition coefficient (Wildman–Crippen LogP) is 3.02. The zero-order valence-electron chi connectivity index (χ0n) is 10.6. The number of carbonyl (C=O) groups excluding carboxylic acids is 1. The molecule has 2 aromatic carbocycles. The molecule has 0 bridgehead atoms. The van der Waals surface area contributed by atoms with Crippen LogP contribution in [0.25, 0.3) is 0 Å². The zero-order valence-corrected chi connectivity index (χ0v) is 10.6. The number of benzene rings is 2. The molecule has 0 amide bonds. The molecule has 1 aliphatic heterocycles. The first-order chi connectivity index (χ1) is 9.29. The Kier molecular flexibility index (Phi) is 3.05. The van der Waals surface area contributed by atoms with Crippen LogP contribution in [-0.4, -0.2) is 19.0 Å². The number of Topliss-reactive ketones (excluding diaryl/α,β-unsaturated/α-hetero) is 1. The molecule has 0 spiro atoms. The molecule has 0 saturated carbocycles. The number of hydrogen-bond acceptors (Lipinski definition) is 3. The van der Waals surface area contributed by atoms with Gasteiger partial charge in [-0.3, -0.25) is 4.79 Å². The second kappa shape index (κ2) is 4.86. The molecule has 0 aliphatic carbocycles. The van der Waals surface area contributed by atoms with Crippen LogP contribution in [0.3, 0.4) is 0 Å². The summed E-state index contributed by atoms with van der Waals surface area (Å²) >= 11 is 0. The zero-order chi connectivity index (χ0) is 13.2. The molecule has 2 atom stereocenters. The highest BCUT2D eigenvalue weighted by atomic mass is 16.6. The van der Waals surface area contributed by atoms with Gasteiger partial charge < -0.3 is 9.47 Å². The van der Waals surface area contributed by atoms with Crippen LogP contribution in [-0.2, 0) is 4.74 Å². The van der Waals surface area contributed by atoms with Gasteiger partial charge in [0.2, 0.25) is 0 Å². The monoisotopic (exact) mass is 254 g/mol. The molecule has 3 rings (SSSR count). The fraction of sp³-hybridized carbons (Fsp3) is 0.188. The van der Waals surface area contributed by atoms with Crippen molar-refractivity contribution >= 4 is 5.78 Å².